The van der Waals surface area contributed by atoms with Crippen molar-refractivity contribution in [1.29, 1.82) is 0 Å². The van der Waals surface area contributed by atoms with E-state index in [1.807, 2.05) is 0 Å². The monoisotopic (exact) mass is 302 g/mol. The molecule has 0 N–H and O–H groups in total. The fourth-order valence-corrected chi connectivity index (χ4v) is 3.06. The topological polar surface area (TPSA) is 68.6 Å². The third-order valence-electron chi connectivity index (χ3n) is 1.81. The molecule has 0 saturated carbocycles. The molecule has 0 unspecified atom stereocenters. The third-order valence-corrected chi connectivity index (χ3v) is 3.92. The third kappa shape index (κ3) is 2.48. The largest absolute Gasteiger partial charge is 0.485 e. The summed E-state index contributed by atoms with van der Waals surface area (Å²) in [6.07, 6.45) is 3.11. The smallest absolute Gasteiger partial charge is 0.219 e. The van der Waals surface area contributed by atoms with Crippen molar-refractivity contribution in [2.45, 2.75) is 0 Å². The number of rotatable bonds is 3. The lowest BCUT2D eigenvalue weighted by molar-refractivity contribution is 0.377. The molecule has 2 rings (SSSR count). The van der Waals surface area contributed by atoms with Crippen LogP contribution in [0.3, 0.4) is 0 Å². The Balaban J connectivity index is 2.06. The van der Waals surface area contributed by atoms with Crippen LogP contribution in [0.5, 0.6) is 5.75 Å². The maximum atomic E-state index is 11.5. The Labute approximate surface area is 101 Å². The molecule has 1 aliphatic heterocycles. The maximum Gasteiger partial charge on any atom is 0.219 e. The van der Waals surface area contributed by atoms with E-state index in [9.17, 15) is 8.42 Å². The number of halogens is 1. The molecule has 1 aliphatic rings. The predicted octanol–water partition coefficient (Wildman–Crippen LogP) is 1.48. The molecule has 5 nitrogen and oxygen atoms in total. The van der Waals surface area contributed by atoms with Gasteiger partial charge in [0.05, 0.1) is 11.6 Å². The van der Waals surface area contributed by atoms with Gasteiger partial charge in [-0.1, -0.05) is 0 Å². The summed E-state index contributed by atoms with van der Waals surface area (Å²) < 4.78 is 28.5. The average Bonchev–Trinajstić information content (AvgIpc) is 2.50. The van der Waals surface area contributed by atoms with Gasteiger partial charge in [-0.25, -0.2) is 13.4 Å². The number of pyridine rings is 1. The molecule has 2 heterocycles. The zero-order chi connectivity index (χ0) is 11.6. The Morgan fingerprint density at radius 1 is 1.44 bits per heavy atom. The number of hydrogen-bond acceptors (Lipinski definition) is 5. The fourth-order valence-electron chi connectivity index (χ4n) is 1.10. The van der Waals surface area contributed by atoms with Crippen molar-refractivity contribution < 1.29 is 13.2 Å². The molecule has 0 bridgehead atoms. The van der Waals surface area contributed by atoms with Gasteiger partial charge in [0.25, 0.3) is 0 Å². The highest BCUT2D eigenvalue weighted by atomic mass is 79.9. The van der Waals surface area contributed by atoms with Gasteiger partial charge in [0.2, 0.25) is 9.84 Å². The summed E-state index contributed by atoms with van der Waals surface area (Å²) in [6, 6.07) is 3.39. The van der Waals surface area contributed by atoms with E-state index in [2.05, 4.69) is 25.9 Å². The van der Waals surface area contributed by atoms with Crippen LogP contribution in [0.2, 0.25) is 0 Å². The first-order valence-electron chi connectivity index (χ1n) is 4.30. The number of aromatic nitrogens is 1. The molecule has 16 heavy (non-hydrogen) atoms. The highest BCUT2D eigenvalue weighted by Gasteiger charge is 2.24. The molecule has 84 valence electrons. The van der Waals surface area contributed by atoms with Gasteiger partial charge in [-0.2, -0.15) is 0 Å². The van der Waals surface area contributed by atoms with Gasteiger partial charge in [0.1, 0.15) is 17.0 Å². The minimum absolute atomic E-state index is 0.0109. The van der Waals surface area contributed by atoms with Crippen LogP contribution in [0, 0.1) is 0 Å². The summed E-state index contributed by atoms with van der Waals surface area (Å²) in [7, 11) is -3.41. The van der Waals surface area contributed by atoms with E-state index in [0.717, 1.165) is 5.41 Å². The molecule has 0 fully saturated rings. The number of hydrogen-bond donors (Lipinski definition) is 0. The zero-order valence-corrected chi connectivity index (χ0v) is 10.4. The van der Waals surface area contributed by atoms with Crippen LogP contribution in [0.15, 0.2) is 39.5 Å². The molecule has 0 aliphatic carbocycles. The van der Waals surface area contributed by atoms with Gasteiger partial charge in [0, 0.05) is 6.20 Å². The normalized spacial score (nSPS) is 17.8. The van der Waals surface area contributed by atoms with Crippen molar-refractivity contribution >= 4 is 30.8 Å². The zero-order valence-electron chi connectivity index (χ0n) is 8.00. The van der Waals surface area contributed by atoms with Crippen LogP contribution < -0.4 is 4.74 Å². The van der Waals surface area contributed by atoms with E-state index in [1.54, 1.807) is 18.3 Å². The van der Waals surface area contributed by atoms with E-state index in [1.165, 1.54) is 6.20 Å². The highest BCUT2D eigenvalue weighted by molar-refractivity contribution is 9.11. The minimum atomic E-state index is -3.41. The second kappa shape index (κ2) is 4.34. The first-order valence-corrected chi connectivity index (χ1v) is 6.64. The lowest BCUT2D eigenvalue weighted by Crippen LogP contribution is -2.17. The first kappa shape index (κ1) is 11.3. The second-order valence-electron chi connectivity index (χ2n) is 2.97. The number of ether oxygens (including phenoxy) is 1. The maximum absolute atomic E-state index is 11.5. The van der Waals surface area contributed by atoms with E-state index in [4.69, 9.17) is 4.74 Å². The molecule has 0 spiro atoms. The van der Waals surface area contributed by atoms with Gasteiger partial charge in [-0.3, -0.25) is 4.98 Å². The Hall–Kier alpha value is -1.21. The Bertz CT molecular complexity index is 551. The first-order chi connectivity index (χ1) is 7.58. The molecular weight excluding hydrogens is 296 g/mol. The van der Waals surface area contributed by atoms with E-state index in [-0.39, 0.29) is 16.3 Å². The lowest BCUT2D eigenvalue weighted by Gasteiger charge is -2.04. The van der Waals surface area contributed by atoms with Gasteiger partial charge in [-0.05, 0) is 28.1 Å². The predicted molar refractivity (Wildman–Crippen MR) is 63.1 cm³/mol. The number of aliphatic imine (C=N–C) groups is 1. The second-order valence-corrected chi connectivity index (χ2v) is 5.58. The van der Waals surface area contributed by atoms with Crippen molar-refractivity contribution in [3.8, 4) is 5.75 Å². The summed E-state index contributed by atoms with van der Waals surface area (Å²) in [5, 5.41) is 1.04. The molecule has 0 atom stereocenters. The van der Waals surface area contributed by atoms with Crippen LogP contribution in [-0.4, -0.2) is 25.1 Å². The van der Waals surface area contributed by atoms with Crippen LogP contribution in [0.1, 0.15) is 0 Å². The Kier molecular flexibility index (Phi) is 3.06. The molecule has 0 saturated heterocycles. The summed E-state index contributed by atoms with van der Waals surface area (Å²) in [5.41, 5.74) is 0. The SMILES string of the molecule is O=S1(=O)C=C(Br)N=C1COc1cccnc1. The van der Waals surface area contributed by atoms with Crippen LogP contribution in [-0.2, 0) is 9.84 Å². The van der Waals surface area contributed by atoms with Crippen LogP contribution in [0.4, 0.5) is 0 Å². The summed E-state index contributed by atoms with van der Waals surface area (Å²) in [5.74, 6) is 0.503. The Morgan fingerprint density at radius 3 is 2.81 bits per heavy atom. The molecule has 0 aromatic carbocycles. The van der Waals surface area contributed by atoms with Crippen molar-refractivity contribution in [1.82, 2.24) is 4.98 Å². The van der Waals surface area contributed by atoms with Gasteiger partial charge in [-0.15, -0.1) is 0 Å². The summed E-state index contributed by atoms with van der Waals surface area (Å²) in [4.78, 5) is 7.66. The molecule has 1 aromatic heterocycles. The van der Waals surface area contributed by atoms with Gasteiger partial charge >= 0.3 is 0 Å². The van der Waals surface area contributed by atoms with Gasteiger partial charge in [0.15, 0.2) is 5.04 Å². The van der Waals surface area contributed by atoms with E-state index < -0.39 is 9.84 Å². The summed E-state index contributed by atoms with van der Waals surface area (Å²) >= 11 is 3.01. The van der Waals surface area contributed by atoms with Crippen LogP contribution >= 0.6 is 15.9 Å². The van der Waals surface area contributed by atoms with Crippen molar-refractivity contribution in [2.24, 2.45) is 4.99 Å². The average molecular weight is 303 g/mol. The minimum Gasteiger partial charge on any atom is -0.485 e. The summed E-state index contributed by atoms with van der Waals surface area (Å²) in [6.45, 7) is -0.0976. The number of nitrogens with zero attached hydrogens (tertiary/aromatic N) is 2. The van der Waals surface area contributed by atoms with E-state index in [0.29, 0.717) is 5.75 Å². The molecule has 1 aromatic rings. The molecule has 0 amide bonds. The van der Waals surface area contributed by atoms with Gasteiger partial charge < -0.3 is 4.74 Å². The molecular formula is C9H7BrN2O3S. The highest BCUT2D eigenvalue weighted by Crippen LogP contribution is 2.20. The van der Waals surface area contributed by atoms with Crippen molar-refractivity contribution in [3.05, 3.63) is 34.5 Å². The quantitative estimate of drug-likeness (QED) is 0.793. The van der Waals surface area contributed by atoms with Crippen molar-refractivity contribution in [3.63, 3.8) is 0 Å². The molecule has 0 radical (unpaired) electrons. The van der Waals surface area contributed by atoms with Crippen molar-refractivity contribution in [2.75, 3.05) is 6.61 Å². The number of sulfone groups is 1. The fraction of sp³-hybridized carbons (Fsp3) is 0.111. The standard InChI is InChI=1S/C9H7BrN2O3S/c10-8-6-16(13,14)9(12-8)5-15-7-2-1-3-11-4-7/h1-4,6H,5H2. The molecule has 7 heteroatoms. The Morgan fingerprint density at radius 2 is 2.25 bits per heavy atom. The lowest BCUT2D eigenvalue weighted by atomic mass is 10.5. The van der Waals surface area contributed by atoms with Crippen LogP contribution in [0.25, 0.3) is 0 Å². The van der Waals surface area contributed by atoms with E-state index >= 15 is 0 Å².